The molecule has 0 spiro atoms. The number of piperazine rings is 1. The van der Waals surface area contributed by atoms with Crippen molar-refractivity contribution in [1.82, 2.24) is 24.5 Å². The van der Waals surface area contributed by atoms with Gasteiger partial charge in [0.15, 0.2) is 0 Å². The molecule has 4 heterocycles. The zero-order valence-corrected chi connectivity index (χ0v) is 17.2. The highest BCUT2D eigenvalue weighted by atomic mass is 16.3. The highest BCUT2D eigenvalue weighted by Gasteiger charge is 2.16. The number of nitrogens with one attached hydrogen (secondary N) is 1. The highest BCUT2D eigenvalue weighted by molar-refractivity contribution is 5.66. The van der Waals surface area contributed by atoms with Crippen LogP contribution in [0.4, 0.5) is 17.3 Å². The first-order chi connectivity index (χ1) is 15.3. The molecule has 1 aliphatic rings. The summed E-state index contributed by atoms with van der Waals surface area (Å²) in [4.78, 5) is 13.3. The molecule has 1 aromatic carbocycles. The third-order valence-corrected chi connectivity index (χ3v) is 5.63. The topological polar surface area (TPSA) is 81.8 Å². The molecule has 0 unspecified atom stereocenters. The van der Waals surface area contributed by atoms with Gasteiger partial charge in [-0.3, -0.25) is 9.88 Å². The predicted octanol–water partition coefficient (Wildman–Crippen LogP) is 2.65. The summed E-state index contributed by atoms with van der Waals surface area (Å²) in [6.45, 7) is 4.87. The normalized spacial score (nSPS) is 14.8. The minimum absolute atomic E-state index is 0.223. The molecule has 1 saturated heterocycles. The molecule has 31 heavy (non-hydrogen) atoms. The molecule has 0 saturated carbocycles. The number of rotatable bonds is 6. The largest absolute Gasteiger partial charge is 0.395 e. The Hall–Kier alpha value is -3.49. The minimum atomic E-state index is 0.223. The van der Waals surface area contributed by atoms with E-state index in [2.05, 4.69) is 54.4 Å². The minimum Gasteiger partial charge on any atom is -0.395 e. The first-order valence-corrected chi connectivity index (χ1v) is 10.5. The molecule has 0 amide bonds. The number of hydrogen-bond acceptors (Lipinski definition) is 7. The van der Waals surface area contributed by atoms with E-state index < -0.39 is 0 Å². The van der Waals surface area contributed by atoms with Crippen LogP contribution in [0.5, 0.6) is 0 Å². The number of aliphatic hydroxyl groups is 1. The quantitative estimate of drug-likeness (QED) is 0.501. The second kappa shape index (κ2) is 8.71. The van der Waals surface area contributed by atoms with Crippen LogP contribution >= 0.6 is 0 Å². The maximum Gasteiger partial charge on any atom is 0.245 e. The molecular formula is C23H25N7O. The van der Waals surface area contributed by atoms with E-state index in [1.54, 1.807) is 6.20 Å². The summed E-state index contributed by atoms with van der Waals surface area (Å²) in [6, 6.07) is 16.3. The third-order valence-electron chi connectivity index (χ3n) is 5.63. The maximum absolute atomic E-state index is 9.10. The van der Waals surface area contributed by atoms with Crippen molar-refractivity contribution in [3.8, 4) is 11.3 Å². The maximum atomic E-state index is 9.10. The van der Waals surface area contributed by atoms with E-state index in [9.17, 15) is 0 Å². The number of benzene rings is 1. The molecule has 4 aromatic rings. The van der Waals surface area contributed by atoms with Crippen molar-refractivity contribution in [3.63, 3.8) is 0 Å². The van der Waals surface area contributed by atoms with Gasteiger partial charge in [0.25, 0.3) is 0 Å². The Morgan fingerprint density at radius 1 is 0.935 bits per heavy atom. The van der Waals surface area contributed by atoms with Crippen molar-refractivity contribution in [2.75, 3.05) is 49.5 Å². The summed E-state index contributed by atoms with van der Waals surface area (Å²) in [7, 11) is 0. The van der Waals surface area contributed by atoms with Gasteiger partial charge in [-0.05, 0) is 48.5 Å². The van der Waals surface area contributed by atoms with Crippen molar-refractivity contribution >= 4 is 22.8 Å². The summed E-state index contributed by atoms with van der Waals surface area (Å²) in [5.74, 6) is 0.541. The lowest BCUT2D eigenvalue weighted by atomic mass is 10.2. The van der Waals surface area contributed by atoms with E-state index in [-0.39, 0.29) is 6.61 Å². The molecule has 0 atom stereocenters. The second-order valence-electron chi connectivity index (χ2n) is 7.60. The van der Waals surface area contributed by atoms with Gasteiger partial charge >= 0.3 is 0 Å². The van der Waals surface area contributed by atoms with Crippen molar-refractivity contribution in [2.45, 2.75) is 0 Å². The lowest BCUT2D eigenvalue weighted by molar-refractivity contribution is 0.189. The second-order valence-corrected chi connectivity index (χ2v) is 7.60. The van der Waals surface area contributed by atoms with Crippen molar-refractivity contribution < 1.29 is 5.11 Å². The first-order valence-electron chi connectivity index (χ1n) is 10.5. The molecular weight excluding hydrogens is 390 g/mol. The molecule has 1 aliphatic heterocycles. The van der Waals surface area contributed by atoms with Crippen LogP contribution in [0.25, 0.3) is 16.8 Å². The fourth-order valence-corrected chi connectivity index (χ4v) is 3.95. The lowest BCUT2D eigenvalue weighted by Crippen LogP contribution is -2.47. The van der Waals surface area contributed by atoms with Crippen LogP contribution in [-0.2, 0) is 0 Å². The van der Waals surface area contributed by atoms with Crippen LogP contribution in [0, 0.1) is 0 Å². The molecule has 2 N–H and O–H groups in total. The van der Waals surface area contributed by atoms with Gasteiger partial charge in [-0.25, -0.2) is 9.50 Å². The van der Waals surface area contributed by atoms with E-state index in [0.29, 0.717) is 5.95 Å². The van der Waals surface area contributed by atoms with Crippen LogP contribution in [0.15, 0.2) is 67.1 Å². The molecule has 0 radical (unpaired) electrons. The molecule has 3 aromatic heterocycles. The fourth-order valence-electron chi connectivity index (χ4n) is 3.95. The Morgan fingerprint density at radius 2 is 1.77 bits per heavy atom. The summed E-state index contributed by atoms with van der Waals surface area (Å²) in [5.41, 5.74) is 5.06. The average molecular weight is 416 g/mol. The summed E-state index contributed by atoms with van der Waals surface area (Å²) in [6.07, 6.45) is 5.41. The Kier molecular flexibility index (Phi) is 5.47. The number of hydrogen-bond donors (Lipinski definition) is 2. The van der Waals surface area contributed by atoms with Crippen LogP contribution in [0.2, 0.25) is 0 Å². The number of β-amino-alcohol motifs (C(OH)–C–C–N with tert-alkyl or cyclic N) is 1. The zero-order valence-electron chi connectivity index (χ0n) is 17.2. The average Bonchev–Trinajstić information content (AvgIpc) is 3.24. The smallest absolute Gasteiger partial charge is 0.245 e. The SMILES string of the molecule is OCCN1CCN(c2ccc(Nc3ncc4ccc(-c5cccnc5)n4n3)cc2)CC1. The molecule has 158 valence electrons. The lowest BCUT2D eigenvalue weighted by Gasteiger charge is -2.35. The van der Waals surface area contributed by atoms with Crippen molar-refractivity contribution in [1.29, 1.82) is 0 Å². The van der Waals surface area contributed by atoms with Gasteiger partial charge in [0.05, 0.1) is 24.0 Å². The van der Waals surface area contributed by atoms with Gasteiger partial charge in [-0.1, -0.05) is 0 Å². The van der Waals surface area contributed by atoms with Gasteiger partial charge in [-0.2, -0.15) is 0 Å². The van der Waals surface area contributed by atoms with Gasteiger partial charge in [0.1, 0.15) is 0 Å². The van der Waals surface area contributed by atoms with E-state index >= 15 is 0 Å². The summed E-state index contributed by atoms with van der Waals surface area (Å²) < 4.78 is 1.88. The zero-order chi connectivity index (χ0) is 21.0. The highest BCUT2D eigenvalue weighted by Crippen LogP contribution is 2.23. The fraction of sp³-hybridized carbons (Fsp3) is 0.261. The van der Waals surface area contributed by atoms with E-state index in [0.717, 1.165) is 55.2 Å². The van der Waals surface area contributed by atoms with Crippen LogP contribution < -0.4 is 10.2 Å². The van der Waals surface area contributed by atoms with Gasteiger partial charge in [0, 0.05) is 62.1 Å². The van der Waals surface area contributed by atoms with Gasteiger partial charge in [0.2, 0.25) is 5.95 Å². The third kappa shape index (κ3) is 4.21. The standard InChI is InChI=1S/C23H25N7O/c31-15-14-28-10-12-29(13-11-28)20-5-3-19(4-6-20)26-23-25-17-21-7-8-22(30(21)27-23)18-2-1-9-24-16-18/h1-9,16-17,31H,10-15H2,(H,26,27). The number of aliphatic hydroxyl groups excluding tert-OH is 1. The molecule has 1 fully saturated rings. The number of fused-ring (bicyclic) bond motifs is 1. The van der Waals surface area contributed by atoms with Crippen molar-refractivity contribution in [2.24, 2.45) is 0 Å². The van der Waals surface area contributed by atoms with Crippen LogP contribution in [0.3, 0.4) is 0 Å². The molecule has 8 heteroatoms. The van der Waals surface area contributed by atoms with E-state index in [4.69, 9.17) is 5.11 Å². The Balaban J connectivity index is 1.30. The van der Waals surface area contributed by atoms with E-state index in [1.807, 2.05) is 41.2 Å². The first kappa shape index (κ1) is 19.5. The monoisotopic (exact) mass is 415 g/mol. The van der Waals surface area contributed by atoms with Gasteiger partial charge < -0.3 is 15.3 Å². The Labute approximate surface area is 180 Å². The van der Waals surface area contributed by atoms with Gasteiger partial charge in [-0.15, -0.1) is 5.10 Å². The number of aromatic nitrogens is 4. The number of nitrogens with zero attached hydrogens (tertiary/aromatic N) is 6. The Morgan fingerprint density at radius 3 is 2.52 bits per heavy atom. The molecule has 8 nitrogen and oxygen atoms in total. The summed E-state index contributed by atoms with van der Waals surface area (Å²) >= 11 is 0. The number of anilines is 3. The van der Waals surface area contributed by atoms with Crippen LogP contribution in [-0.4, -0.2) is 68.9 Å². The Bertz CT molecular complexity index is 1140. The summed E-state index contributed by atoms with van der Waals surface area (Å²) in [5, 5.41) is 17.1. The number of pyridine rings is 1. The molecule has 0 aliphatic carbocycles. The molecule has 0 bridgehead atoms. The molecule has 5 rings (SSSR count). The van der Waals surface area contributed by atoms with E-state index in [1.165, 1.54) is 5.69 Å². The van der Waals surface area contributed by atoms with Crippen LogP contribution in [0.1, 0.15) is 0 Å². The van der Waals surface area contributed by atoms with Crippen molar-refractivity contribution in [3.05, 3.63) is 67.1 Å². The predicted molar refractivity (Wildman–Crippen MR) is 122 cm³/mol.